The molecular formula is C15H26N2O2S2. The predicted octanol–water partition coefficient (Wildman–Crippen LogP) is 2.71. The third kappa shape index (κ3) is 4.28. The van der Waals surface area contributed by atoms with Crippen LogP contribution in [0.2, 0.25) is 0 Å². The van der Waals surface area contributed by atoms with Crippen LogP contribution in [0.3, 0.4) is 0 Å². The van der Waals surface area contributed by atoms with Crippen LogP contribution in [0.15, 0.2) is 16.3 Å². The molecule has 0 amide bonds. The molecule has 120 valence electrons. The monoisotopic (exact) mass is 330 g/mol. The summed E-state index contributed by atoms with van der Waals surface area (Å²) < 4.78 is 27.6. The van der Waals surface area contributed by atoms with E-state index in [2.05, 4.69) is 26.1 Å². The number of thiophene rings is 1. The van der Waals surface area contributed by atoms with Crippen molar-refractivity contribution in [1.29, 1.82) is 0 Å². The second-order valence-corrected chi connectivity index (χ2v) is 9.76. The van der Waals surface area contributed by atoms with Gasteiger partial charge in [-0.05, 0) is 49.9 Å². The highest BCUT2D eigenvalue weighted by atomic mass is 32.2. The van der Waals surface area contributed by atoms with Gasteiger partial charge in [0, 0.05) is 18.0 Å². The van der Waals surface area contributed by atoms with Gasteiger partial charge in [-0.15, -0.1) is 11.3 Å². The van der Waals surface area contributed by atoms with Crippen LogP contribution in [0.4, 0.5) is 0 Å². The lowest BCUT2D eigenvalue weighted by molar-refractivity contribution is 0.187. The molecule has 0 unspecified atom stereocenters. The Balaban J connectivity index is 2.09. The molecule has 1 aromatic rings. The quantitative estimate of drug-likeness (QED) is 0.816. The summed E-state index contributed by atoms with van der Waals surface area (Å²) >= 11 is 1.41. The fourth-order valence-corrected chi connectivity index (χ4v) is 5.90. The van der Waals surface area contributed by atoms with Crippen molar-refractivity contribution >= 4 is 21.4 Å². The molecular weight excluding hydrogens is 304 g/mol. The number of piperidine rings is 1. The molecule has 0 radical (unpaired) electrons. The van der Waals surface area contributed by atoms with Gasteiger partial charge in [0.1, 0.15) is 4.21 Å². The predicted molar refractivity (Wildman–Crippen MR) is 88.3 cm³/mol. The Hall–Kier alpha value is -0.430. The van der Waals surface area contributed by atoms with Crippen LogP contribution < -0.4 is 5.32 Å². The van der Waals surface area contributed by atoms with Crippen molar-refractivity contribution in [1.82, 2.24) is 9.62 Å². The van der Waals surface area contributed by atoms with Crippen LogP contribution in [0.5, 0.6) is 0 Å². The lowest BCUT2D eigenvalue weighted by Crippen LogP contribution is -2.43. The van der Waals surface area contributed by atoms with E-state index in [9.17, 15) is 8.42 Å². The molecule has 1 aromatic heterocycles. The van der Waals surface area contributed by atoms with Gasteiger partial charge < -0.3 is 5.32 Å². The molecule has 0 aliphatic carbocycles. The topological polar surface area (TPSA) is 49.4 Å². The Morgan fingerprint density at radius 1 is 1.38 bits per heavy atom. The molecule has 2 rings (SSSR count). The number of sulfonamides is 1. The van der Waals surface area contributed by atoms with E-state index < -0.39 is 10.0 Å². The highest BCUT2D eigenvalue weighted by molar-refractivity contribution is 7.91. The van der Waals surface area contributed by atoms with Gasteiger partial charge in [-0.2, -0.15) is 4.31 Å². The Bertz CT molecular complexity index is 564. The van der Waals surface area contributed by atoms with E-state index in [-0.39, 0.29) is 5.41 Å². The van der Waals surface area contributed by atoms with Crippen LogP contribution in [0, 0.1) is 5.41 Å². The van der Waals surface area contributed by atoms with E-state index in [0.29, 0.717) is 17.3 Å². The molecule has 2 heterocycles. The minimum absolute atomic E-state index is 0.0798. The van der Waals surface area contributed by atoms with E-state index in [1.807, 2.05) is 6.07 Å². The molecule has 1 aliphatic heterocycles. The third-order valence-electron chi connectivity index (χ3n) is 3.89. The summed E-state index contributed by atoms with van der Waals surface area (Å²) in [5, 5.41) is 3.27. The van der Waals surface area contributed by atoms with Gasteiger partial charge in [0.2, 0.25) is 0 Å². The first-order valence-corrected chi connectivity index (χ1v) is 9.90. The first-order valence-electron chi connectivity index (χ1n) is 7.65. The summed E-state index contributed by atoms with van der Waals surface area (Å²) in [6, 6.07) is 3.72. The molecule has 1 saturated heterocycles. The summed E-state index contributed by atoms with van der Waals surface area (Å²) in [6.07, 6.45) is 2.93. The van der Waals surface area contributed by atoms with E-state index in [1.165, 1.54) is 11.3 Å². The Morgan fingerprint density at radius 3 is 2.81 bits per heavy atom. The molecule has 1 fully saturated rings. The van der Waals surface area contributed by atoms with Crippen molar-refractivity contribution in [2.75, 3.05) is 26.2 Å². The summed E-state index contributed by atoms with van der Waals surface area (Å²) in [5.74, 6) is 0. The molecule has 1 aliphatic rings. The van der Waals surface area contributed by atoms with E-state index in [1.54, 1.807) is 10.4 Å². The second kappa shape index (κ2) is 6.77. The fraction of sp³-hybridized carbons (Fsp3) is 0.733. The van der Waals surface area contributed by atoms with Gasteiger partial charge in [0.25, 0.3) is 10.0 Å². The molecule has 0 saturated carbocycles. The number of likely N-dealkylation sites (N-methyl/N-ethyl adjacent to an activating group) is 1. The van der Waals surface area contributed by atoms with E-state index >= 15 is 0 Å². The fourth-order valence-electron chi connectivity index (χ4n) is 2.72. The SMILES string of the molecule is CCNCCc1ccc(S(=O)(=O)N2CCCC(C)(C)C2)s1. The van der Waals surface area contributed by atoms with Gasteiger partial charge in [-0.3, -0.25) is 0 Å². The van der Waals surface area contributed by atoms with Crippen molar-refractivity contribution in [3.63, 3.8) is 0 Å². The maximum atomic E-state index is 12.7. The van der Waals surface area contributed by atoms with Crippen LogP contribution in [0.25, 0.3) is 0 Å². The minimum Gasteiger partial charge on any atom is -0.317 e. The zero-order valence-corrected chi connectivity index (χ0v) is 14.8. The average Bonchev–Trinajstić information content (AvgIpc) is 2.87. The lowest BCUT2D eigenvalue weighted by atomic mass is 9.85. The first kappa shape index (κ1) is 16.9. The number of rotatable bonds is 6. The van der Waals surface area contributed by atoms with Crippen LogP contribution in [0.1, 0.15) is 38.5 Å². The number of hydrogen-bond donors (Lipinski definition) is 1. The smallest absolute Gasteiger partial charge is 0.252 e. The molecule has 4 nitrogen and oxygen atoms in total. The third-order valence-corrected chi connectivity index (χ3v) is 7.35. The largest absolute Gasteiger partial charge is 0.317 e. The summed E-state index contributed by atoms with van der Waals surface area (Å²) in [5.41, 5.74) is 0.0798. The van der Waals surface area contributed by atoms with Gasteiger partial charge in [-0.25, -0.2) is 8.42 Å². The zero-order valence-electron chi connectivity index (χ0n) is 13.2. The zero-order chi connectivity index (χ0) is 15.5. The van der Waals surface area contributed by atoms with Crippen LogP contribution >= 0.6 is 11.3 Å². The van der Waals surface area contributed by atoms with Gasteiger partial charge in [0.15, 0.2) is 0 Å². The summed E-state index contributed by atoms with van der Waals surface area (Å²) in [6.45, 7) is 9.47. The van der Waals surface area contributed by atoms with Crippen molar-refractivity contribution in [2.45, 2.75) is 44.2 Å². The Kier molecular flexibility index (Phi) is 5.46. The molecule has 1 N–H and O–H groups in total. The van der Waals surface area contributed by atoms with Gasteiger partial charge in [-0.1, -0.05) is 20.8 Å². The summed E-state index contributed by atoms with van der Waals surface area (Å²) in [7, 11) is -3.31. The molecule has 0 bridgehead atoms. The maximum Gasteiger partial charge on any atom is 0.252 e. The van der Waals surface area contributed by atoms with Crippen LogP contribution in [-0.4, -0.2) is 38.9 Å². The van der Waals surface area contributed by atoms with Crippen molar-refractivity contribution in [3.8, 4) is 0 Å². The lowest BCUT2D eigenvalue weighted by Gasteiger charge is -2.36. The highest BCUT2D eigenvalue weighted by Crippen LogP contribution is 2.33. The normalized spacial score (nSPS) is 19.8. The van der Waals surface area contributed by atoms with Gasteiger partial charge >= 0.3 is 0 Å². The first-order chi connectivity index (χ1) is 9.85. The van der Waals surface area contributed by atoms with Crippen molar-refractivity contribution in [2.24, 2.45) is 5.41 Å². The average molecular weight is 331 g/mol. The standard InChI is InChI=1S/C15H26N2O2S2/c1-4-16-10-8-13-6-7-14(20-13)21(18,19)17-11-5-9-15(2,3)12-17/h6-7,16H,4-5,8-12H2,1-3H3. The molecule has 0 atom stereocenters. The molecule has 21 heavy (non-hydrogen) atoms. The van der Waals surface area contributed by atoms with Crippen molar-refractivity contribution in [3.05, 3.63) is 17.0 Å². The number of hydrogen-bond acceptors (Lipinski definition) is 4. The van der Waals surface area contributed by atoms with E-state index in [4.69, 9.17) is 0 Å². The highest BCUT2D eigenvalue weighted by Gasteiger charge is 2.34. The summed E-state index contributed by atoms with van der Waals surface area (Å²) in [4.78, 5) is 1.13. The number of nitrogens with zero attached hydrogens (tertiary/aromatic N) is 1. The molecule has 0 spiro atoms. The maximum absolute atomic E-state index is 12.7. The van der Waals surface area contributed by atoms with E-state index in [0.717, 1.165) is 37.2 Å². The van der Waals surface area contributed by atoms with Crippen LogP contribution in [-0.2, 0) is 16.4 Å². The minimum atomic E-state index is -3.31. The Morgan fingerprint density at radius 2 is 2.14 bits per heavy atom. The molecule has 0 aromatic carbocycles. The van der Waals surface area contributed by atoms with Gasteiger partial charge in [0.05, 0.1) is 0 Å². The Labute approximate surface area is 132 Å². The second-order valence-electron chi connectivity index (χ2n) is 6.43. The van der Waals surface area contributed by atoms with Crippen molar-refractivity contribution < 1.29 is 8.42 Å². The molecule has 6 heteroatoms. The number of nitrogens with one attached hydrogen (secondary N) is 1.